The molecule has 2 aliphatic heterocycles. The predicted octanol–water partition coefficient (Wildman–Crippen LogP) is 1.69. The van der Waals surface area contributed by atoms with Crippen LogP contribution in [0.3, 0.4) is 0 Å². The summed E-state index contributed by atoms with van der Waals surface area (Å²) < 4.78 is 0. The first-order valence-corrected chi connectivity index (χ1v) is 9.03. The number of benzene rings is 1. The van der Waals surface area contributed by atoms with Crippen LogP contribution >= 0.6 is 11.3 Å². The molecule has 1 saturated heterocycles. The zero-order valence-corrected chi connectivity index (χ0v) is 14.4. The topological polar surface area (TPSA) is 60.9 Å². The molecule has 0 aliphatic carbocycles. The highest BCUT2D eigenvalue weighted by Crippen LogP contribution is 2.28. The zero-order valence-electron chi connectivity index (χ0n) is 13.6. The Balaban J connectivity index is 1.40. The van der Waals surface area contributed by atoms with Gasteiger partial charge in [-0.3, -0.25) is 24.2 Å². The fraction of sp³-hybridized carbons (Fsp3) is 0.278. The molecule has 1 aromatic carbocycles. The lowest BCUT2D eigenvalue weighted by Crippen LogP contribution is -2.52. The molecule has 2 aliphatic rings. The number of carbonyl (C=O) groups is 3. The van der Waals surface area contributed by atoms with Gasteiger partial charge in [-0.15, -0.1) is 11.3 Å². The minimum Gasteiger partial charge on any atom is -0.335 e. The maximum Gasteiger partial charge on any atom is 0.300 e. The Kier molecular flexibility index (Phi) is 4.10. The van der Waals surface area contributed by atoms with Crippen molar-refractivity contribution < 1.29 is 14.4 Å². The number of carbonyl (C=O) groups excluding carboxylic acids is 3. The number of thiophene rings is 1. The minimum atomic E-state index is -0.474. The number of anilines is 1. The van der Waals surface area contributed by atoms with Crippen LogP contribution < -0.4 is 4.90 Å². The highest BCUT2D eigenvalue weighted by Gasteiger charge is 2.36. The molecule has 6 nitrogen and oxygen atoms in total. The highest BCUT2D eigenvalue weighted by atomic mass is 32.1. The van der Waals surface area contributed by atoms with Crippen molar-refractivity contribution in [1.29, 1.82) is 0 Å². The van der Waals surface area contributed by atoms with Crippen LogP contribution in [0.1, 0.15) is 20.0 Å². The molecular formula is C18H17N3O3S. The van der Waals surface area contributed by atoms with E-state index in [1.165, 1.54) is 16.2 Å². The number of amides is 2. The maximum atomic E-state index is 12.4. The van der Waals surface area contributed by atoms with E-state index in [1.54, 1.807) is 18.2 Å². The number of para-hydroxylation sites is 1. The van der Waals surface area contributed by atoms with E-state index in [-0.39, 0.29) is 5.91 Å². The summed E-state index contributed by atoms with van der Waals surface area (Å²) in [5, 5.41) is 1.90. The third kappa shape index (κ3) is 2.85. The molecule has 0 saturated carbocycles. The van der Waals surface area contributed by atoms with Crippen LogP contribution in [0.5, 0.6) is 0 Å². The summed E-state index contributed by atoms with van der Waals surface area (Å²) in [7, 11) is 0. The molecule has 4 rings (SSSR count). The molecular weight excluding hydrogens is 338 g/mol. The molecule has 128 valence electrons. The second-order valence-electron chi connectivity index (χ2n) is 6.11. The Morgan fingerprint density at radius 2 is 1.76 bits per heavy atom. The molecule has 0 atom stereocenters. The van der Waals surface area contributed by atoms with Crippen LogP contribution in [0.2, 0.25) is 0 Å². The van der Waals surface area contributed by atoms with Gasteiger partial charge in [-0.2, -0.15) is 0 Å². The van der Waals surface area contributed by atoms with E-state index in [1.807, 2.05) is 28.5 Å². The van der Waals surface area contributed by atoms with Crippen molar-refractivity contribution in [2.45, 2.75) is 0 Å². The van der Waals surface area contributed by atoms with Crippen molar-refractivity contribution in [2.75, 3.05) is 37.7 Å². The van der Waals surface area contributed by atoms with Crippen LogP contribution in [-0.4, -0.2) is 60.2 Å². The lowest BCUT2D eigenvalue weighted by molar-refractivity contribution is -0.114. The molecule has 0 bridgehead atoms. The average molecular weight is 355 g/mol. The largest absolute Gasteiger partial charge is 0.335 e. The number of hydrogen-bond donors (Lipinski definition) is 0. The average Bonchev–Trinajstić information content (AvgIpc) is 3.26. The maximum absolute atomic E-state index is 12.4. The van der Waals surface area contributed by atoms with E-state index < -0.39 is 11.7 Å². The van der Waals surface area contributed by atoms with Gasteiger partial charge in [0.25, 0.3) is 11.7 Å². The van der Waals surface area contributed by atoms with E-state index in [4.69, 9.17) is 0 Å². The van der Waals surface area contributed by atoms with E-state index in [9.17, 15) is 14.4 Å². The molecule has 2 amide bonds. The van der Waals surface area contributed by atoms with Crippen LogP contribution in [0.15, 0.2) is 41.8 Å². The SMILES string of the molecule is O=C1C(=O)N(CN2CCN(C(=O)c3cccs3)CC2)c2ccccc21. The fourth-order valence-electron chi connectivity index (χ4n) is 3.24. The molecule has 0 radical (unpaired) electrons. The number of hydrogen-bond acceptors (Lipinski definition) is 5. The lowest BCUT2D eigenvalue weighted by atomic mass is 10.1. The predicted molar refractivity (Wildman–Crippen MR) is 94.9 cm³/mol. The Labute approximate surface area is 149 Å². The molecule has 7 heteroatoms. The fourth-order valence-corrected chi connectivity index (χ4v) is 3.93. The minimum absolute atomic E-state index is 0.0624. The Morgan fingerprint density at radius 3 is 2.48 bits per heavy atom. The van der Waals surface area contributed by atoms with Crippen molar-refractivity contribution in [1.82, 2.24) is 9.80 Å². The summed E-state index contributed by atoms with van der Waals surface area (Å²) in [5.41, 5.74) is 1.15. The molecule has 1 fully saturated rings. The van der Waals surface area contributed by atoms with Gasteiger partial charge in [-0.25, -0.2) is 0 Å². The highest BCUT2D eigenvalue weighted by molar-refractivity contribution is 7.12. The number of piperazine rings is 1. The zero-order chi connectivity index (χ0) is 17.4. The van der Waals surface area contributed by atoms with Gasteiger partial charge in [0.2, 0.25) is 0 Å². The van der Waals surface area contributed by atoms with Crippen molar-refractivity contribution in [3.63, 3.8) is 0 Å². The second-order valence-corrected chi connectivity index (χ2v) is 7.06. The summed E-state index contributed by atoms with van der Waals surface area (Å²) in [6, 6.07) is 10.8. The quantitative estimate of drug-likeness (QED) is 0.786. The van der Waals surface area contributed by atoms with E-state index >= 15 is 0 Å². The van der Waals surface area contributed by atoms with Gasteiger partial charge in [-0.1, -0.05) is 18.2 Å². The summed E-state index contributed by atoms with van der Waals surface area (Å²) in [6.45, 7) is 2.97. The van der Waals surface area contributed by atoms with Crippen molar-refractivity contribution in [2.24, 2.45) is 0 Å². The first kappa shape index (κ1) is 16.0. The molecule has 1 aromatic heterocycles. The van der Waals surface area contributed by atoms with E-state index in [2.05, 4.69) is 4.90 Å². The first-order valence-electron chi connectivity index (χ1n) is 8.15. The summed E-state index contributed by atoms with van der Waals surface area (Å²) in [6.07, 6.45) is 0. The van der Waals surface area contributed by atoms with Gasteiger partial charge < -0.3 is 4.90 Å². The molecule has 0 spiro atoms. The van der Waals surface area contributed by atoms with E-state index in [0.29, 0.717) is 44.1 Å². The van der Waals surface area contributed by atoms with Crippen LogP contribution in [-0.2, 0) is 4.79 Å². The van der Waals surface area contributed by atoms with Crippen LogP contribution in [0, 0.1) is 0 Å². The van der Waals surface area contributed by atoms with E-state index in [0.717, 1.165) is 4.88 Å². The van der Waals surface area contributed by atoms with Crippen LogP contribution in [0.25, 0.3) is 0 Å². The molecule has 0 unspecified atom stereocenters. The number of fused-ring (bicyclic) bond motifs is 1. The van der Waals surface area contributed by atoms with Gasteiger partial charge >= 0.3 is 5.91 Å². The first-order chi connectivity index (χ1) is 12.1. The third-order valence-corrected chi connectivity index (χ3v) is 5.47. The Hall–Kier alpha value is -2.51. The third-order valence-electron chi connectivity index (χ3n) is 4.61. The van der Waals surface area contributed by atoms with Crippen molar-refractivity contribution in [3.05, 3.63) is 52.2 Å². The molecule has 0 N–H and O–H groups in total. The summed E-state index contributed by atoms with van der Waals surface area (Å²) in [5.74, 6) is -0.854. The summed E-state index contributed by atoms with van der Waals surface area (Å²) >= 11 is 1.45. The van der Waals surface area contributed by atoms with Gasteiger partial charge in [0.15, 0.2) is 0 Å². The van der Waals surface area contributed by atoms with Gasteiger partial charge in [0, 0.05) is 26.2 Å². The van der Waals surface area contributed by atoms with Gasteiger partial charge in [0.1, 0.15) is 0 Å². The van der Waals surface area contributed by atoms with Gasteiger partial charge in [-0.05, 0) is 23.6 Å². The number of nitrogens with zero attached hydrogens (tertiary/aromatic N) is 3. The number of rotatable bonds is 3. The summed E-state index contributed by atoms with van der Waals surface area (Å²) in [4.78, 5) is 42.9. The van der Waals surface area contributed by atoms with Crippen molar-refractivity contribution >= 4 is 34.6 Å². The van der Waals surface area contributed by atoms with Gasteiger partial charge in [0.05, 0.1) is 22.8 Å². The van der Waals surface area contributed by atoms with Crippen LogP contribution in [0.4, 0.5) is 5.69 Å². The van der Waals surface area contributed by atoms with Crippen molar-refractivity contribution in [3.8, 4) is 0 Å². The number of Topliss-reactive ketones (excluding diaryl/α,β-unsaturated/α-hetero) is 1. The molecule has 2 aromatic rings. The molecule has 3 heterocycles. The smallest absolute Gasteiger partial charge is 0.300 e. The normalized spacial score (nSPS) is 17.9. The standard InChI is InChI=1S/C18H17N3O3S/c22-16-13-4-1-2-5-14(13)21(18(16)24)12-19-7-9-20(10-8-19)17(23)15-6-3-11-25-15/h1-6,11H,7-10,12H2. The lowest BCUT2D eigenvalue weighted by Gasteiger charge is -2.36. The molecule has 25 heavy (non-hydrogen) atoms. The monoisotopic (exact) mass is 355 g/mol. The Bertz CT molecular complexity index is 826. The Morgan fingerprint density at radius 1 is 1.00 bits per heavy atom. The second kappa shape index (κ2) is 6.42. The number of ketones is 1.